The first-order valence-corrected chi connectivity index (χ1v) is 10.2. The van der Waals surface area contributed by atoms with Gasteiger partial charge in [-0.25, -0.2) is 4.39 Å². The lowest BCUT2D eigenvalue weighted by Crippen LogP contribution is -2.61. The second-order valence-electron chi connectivity index (χ2n) is 8.08. The zero-order valence-electron chi connectivity index (χ0n) is 18.0. The summed E-state index contributed by atoms with van der Waals surface area (Å²) in [5, 5.41) is 2.03. The van der Waals surface area contributed by atoms with Crippen LogP contribution in [0, 0.1) is 11.2 Å². The van der Waals surface area contributed by atoms with Gasteiger partial charge in [-0.1, -0.05) is 12.1 Å². The van der Waals surface area contributed by atoms with E-state index in [9.17, 15) is 14.0 Å². The smallest absolute Gasteiger partial charge is 0.306 e. The van der Waals surface area contributed by atoms with E-state index >= 15 is 0 Å². The monoisotopic (exact) mass is 437 g/mol. The average Bonchev–Trinajstić information content (AvgIpc) is 2.79. The standard InChI is InChI=1S/C25H24FNO5/c1-30-21-9-5-19-12-22(10-6-18(19)11-21)32-16-25(13-23(28)31-2)14-27(15-25)24(29)17-3-7-20(26)8-4-17/h3-12H,13-16H2,1-2H3. The Morgan fingerprint density at radius 1 is 0.938 bits per heavy atom. The van der Waals surface area contributed by atoms with Gasteiger partial charge in [-0.2, -0.15) is 0 Å². The molecule has 1 aliphatic rings. The number of carbonyl (C=O) groups excluding carboxylic acids is 2. The van der Waals surface area contributed by atoms with E-state index in [4.69, 9.17) is 14.2 Å². The largest absolute Gasteiger partial charge is 0.497 e. The van der Waals surface area contributed by atoms with Gasteiger partial charge in [-0.05, 0) is 59.3 Å². The van der Waals surface area contributed by atoms with Gasteiger partial charge >= 0.3 is 5.97 Å². The van der Waals surface area contributed by atoms with Crippen molar-refractivity contribution in [2.45, 2.75) is 6.42 Å². The maximum Gasteiger partial charge on any atom is 0.306 e. The topological polar surface area (TPSA) is 65.1 Å². The summed E-state index contributed by atoms with van der Waals surface area (Å²) in [6.45, 7) is 0.961. The third-order valence-electron chi connectivity index (χ3n) is 5.74. The molecular weight excluding hydrogens is 413 g/mol. The Labute approximate surface area is 185 Å². The van der Waals surface area contributed by atoms with Gasteiger partial charge in [0.05, 0.1) is 32.7 Å². The van der Waals surface area contributed by atoms with Crippen molar-refractivity contribution in [3.63, 3.8) is 0 Å². The number of likely N-dealkylation sites (tertiary alicyclic amines) is 1. The zero-order valence-corrected chi connectivity index (χ0v) is 18.0. The summed E-state index contributed by atoms with van der Waals surface area (Å²) < 4.78 is 29.3. The minimum atomic E-state index is -0.544. The first-order chi connectivity index (χ1) is 15.4. The molecule has 7 heteroatoms. The minimum absolute atomic E-state index is 0.140. The highest BCUT2D eigenvalue weighted by molar-refractivity contribution is 5.95. The number of ether oxygens (including phenoxy) is 3. The van der Waals surface area contributed by atoms with Crippen LogP contribution in [-0.4, -0.2) is 50.7 Å². The molecule has 0 bridgehead atoms. The molecule has 166 valence electrons. The first kappa shape index (κ1) is 21.6. The summed E-state index contributed by atoms with van der Waals surface area (Å²) in [4.78, 5) is 26.3. The first-order valence-electron chi connectivity index (χ1n) is 10.2. The lowest BCUT2D eigenvalue weighted by atomic mass is 9.77. The van der Waals surface area contributed by atoms with Gasteiger partial charge in [0.1, 0.15) is 17.3 Å². The van der Waals surface area contributed by atoms with Crippen molar-refractivity contribution in [3.8, 4) is 11.5 Å². The van der Waals surface area contributed by atoms with E-state index in [2.05, 4.69) is 0 Å². The molecule has 3 aromatic carbocycles. The van der Waals surface area contributed by atoms with Crippen LogP contribution in [0.15, 0.2) is 60.7 Å². The van der Waals surface area contributed by atoms with Gasteiger partial charge in [-0.15, -0.1) is 0 Å². The molecule has 32 heavy (non-hydrogen) atoms. The van der Waals surface area contributed by atoms with Crippen LogP contribution in [0.5, 0.6) is 11.5 Å². The Morgan fingerprint density at radius 3 is 2.19 bits per heavy atom. The van der Waals surface area contributed by atoms with E-state index in [1.165, 1.54) is 31.4 Å². The molecule has 0 radical (unpaired) electrons. The van der Waals surface area contributed by atoms with E-state index in [1.807, 2.05) is 36.4 Å². The maximum atomic E-state index is 13.2. The minimum Gasteiger partial charge on any atom is -0.497 e. The van der Waals surface area contributed by atoms with Crippen molar-refractivity contribution in [3.05, 3.63) is 72.0 Å². The lowest BCUT2D eigenvalue weighted by Gasteiger charge is -2.49. The highest BCUT2D eigenvalue weighted by Gasteiger charge is 2.47. The highest BCUT2D eigenvalue weighted by atomic mass is 19.1. The molecule has 3 aromatic rings. The number of benzene rings is 3. The van der Waals surface area contributed by atoms with Crippen LogP contribution in [0.4, 0.5) is 4.39 Å². The van der Waals surface area contributed by atoms with Gasteiger partial charge in [0, 0.05) is 18.7 Å². The van der Waals surface area contributed by atoms with E-state index in [0.29, 0.717) is 24.4 Å². The Kier molecular flexibility index (Phi) is 5.99. The molecule has 0 atom stereocenters. The number of esters is 1. The molecule has 0 saturated carbocycles. The normalized spacial score (nSPS) is 14.5. The molecule has 1 aliphatic heterocycles. The Hall–Kier alpha value is -3.61. The second-order valence-corrected chi connectivity index (χ2v) is 8.08. The molecule has 0 aromatic heterocycles. The number of nitrogens with zero attached hydrogens (tertiary/aromatic N) is 1. The predicted octanol–water partition coefficient (Wildman–Crippen LogP) is 4.07. The molecule has 0 spiro atoms. The van der Waals surface area contributed by atoms with E-state index < -0.39 is 11.2 Å². The number of hydrogen-bond donors (Lipinski definition) is 0. The molecular formula is C25H24FNO5. The third-order valence-corrected chi connectivity index (χ3v) is 5.74. The fraction of sp³-hybridized carbons (Fsp3) is 0.280. The quantitative estimate of drug-likeness (QED) is 0.522. The highest BCUT2D eigenvalue weighted by Crippen LogP contribution is 2.37. The number of halogens is 1. The Morgan fingerprint density at radius 2 is 1.56 bits per heavy atom. The van der Waals surface area contributed by atoms with Gasteiger partial charge < -0.3 is 19.1 Å². The molecule has 4 rings (SSSR count). The summed E-state index contributed by atoms with van der Waals surface area (Å²) in [6.07, 6.45) is 0.140. The Balaban J connectivity index is 1.45. The van der Waals surface area contributed by atoms with Crippen molar-refractivity contribution in [1.29, 1.82) is 0 Å². The number of carbonyl (C=O) groups is 2. The number of amides is 1. The van der Waals surface area contributed by atoms with Crippen molar-refractivity contribution in [1.82, 2.24) is 4.90 Å². The molecule has 0 N–H and O–H groups in total. The lowest BCUT2D eigenvalue weighted by molar-refractivity contribution is -0.147. The summed E-state index contributed by atoms with van der Waals surface area (Å²) >= 11 is 0. The summed E-state index contributed by atoms with van der Waals surface area (Å²) in [7, 11) is 2.97. The molecule has 0 aliphatic carbocycles. The molecule has 1 saturated heterocycles. The van der Waals surface area contributed by atoms with Crippen LogP contribution in [0.1, 0.15) is 16.8 Å². The van der Waals surface area contributed by atoms with E-state index in [1.54, 1.807) is 12.0 Å². The SMILES string of the molecule is COC(=O)CC1(COc2ccc3cc(OC)ccc3c2)CN(C(=O)c2ccc(F)cc2)C1. The second kappa shape index (κ2) is 8.86. The molecule has 1 fully saturated rings. The summed E-state index contributed by atoms with van der Waals surface area (Å²) in [5.41, 5.74) is -0.138. The van der Waals surface area contributed by atoms with Crippen LogP contribution in [-0.2, 0) is 9.53 Å². The number of methoxy groups -OCH3 is 2. The summed E-state index contributed by atoms with van der Waals surface area (Å²) in [5.74, 6) is 0.504. The third kappa shape index (κ3) is 4.51. The van der Waals surface area contributed by atoms with Gasteiger partial charge in [-0.3, -0.25) is 9.59 Å². The van der Waals surface area contributed by atoms with Crippen molar-refractivity contribution in [2.24, 2.45) is 5.41 Å². The van der Waals surface area contributed by atoms with Gasteiger partial charge in [0.25, 0.3) is 5.91 Å². The molecule has 0 unspecified atom stereocenters. The van der Waals surface area contributed by atoms with Crippen molar-refractivity contribution < 1.29 is 28.2 Å². The summed E-state index contributed by atoms with van der Waals surface area (Å²) in [6, 6.07) is 17.0. The van der Waals surface area contributed by atoms with E-state index in [-0.39, 0.29) is 24.9 Å². The van der Waals surface area contributed by atoms with Crippen LogP contribution >= 0.6 is 0 Å². The number of hydrogen-bond acceptors (Lipinski definition) is 5. The average molecular weight is 437 g/mol. The fourth-order valence-electron chi connectivity index (χ4n) is 3.97. The molecule has 6 nitrogen and oxygen atoms in total. The van der Waals surface area contributed by atoms with Crippen molar-refractivity contribution >= 4 is 22.6 Å². The zero-order chi connectivity index (χ0) is 22.7. The predicted molar refractivity (Wildman–Crippen MR) is 117 cm³/mol. The van der Waals surface area contributed by atoms with Crippen LogP contribution in [0.25, 0.3) is 10.8 Å². The fourth-order valence-corrected chi connectivity index (χ4v) is 3.97. The molecule has 1 amide bonds. The maximum absolute atomic E-state index is 13.2. The van der Waals surface area contributed by atoms with Gasteiger partial charge in [0.2, 0.25) is 0 Å². The van der Waals surface area contributed by atoms with Crippen LogP contribution in [0.3, 0.4) is 0 Å². The van der Waals surface area contributed by atoms with Gasteiger partial charge in [0.15, 0.2) is 0 Å². The Bertz CT molecular complexity index is 1140. The number of rotatable bonds is 7. The number of fused-ring (bicyclic) bond motifs is 1. The molecule has 1 heterocycles. The van der Waals surface area contributed by atoms with Crippen molar-refractivity contribution in [2.75, 3.05) is 33.9 Å². The van der Waals surface area contributed by atoms with Crippen LogP contribution < -0.4 is 9.47 Å². The van der Waals surface area contributed by atoms with Crippen LogP contribution in [0.2, 0.25) is 0 Å². The van der Waals surface area contributed by atoms with E-state index in [0.717, 1.165) is 16.5 Å².